The van der Waals surface area contributed by atoms with E-state index in [-0.39, 0.29) is 5.84 Å². The predicted octanol–water partition coefficient (Wildman–Crippen LogP) is 5.65. The number of anilines is 1. The van der Waals surface area contributed by atoms with Gasteiger partial charge in [-0.15, -0.1) is 0 Å². The van der Waals surface area contributed by atoms with Crippen LogP contribution >= 0.6 is 0 Å². The first-order valence-electron chi connectivity index (χ1n) is 13.0. The average Bonchev–Trinajstić information content (AvgIpc) is 2.92. The summed E-state index contributed by atoms with van der Waals surface area (Å²) in [6.07, 6.45) is 1.63. The van der Waals surface area contributed by atoms with Gasteiger partial charge in [0.1, 0.15) is 18.2 Å². The van der Waals surface area contributed by atoms with E-state index in [0.717, 1.165) is 35.1 Å². The number of carbonyl (C=O) groups is 1. The highest BCUT2D eigenvalue weighted by molar-refractivity contribution is 5.95. The van der Waals surface area contributed by atoms with Crippen molar-refractivity contribution in [1.82, 2.24) is 0 Å². The highest BCUT2D eigenvalue weighted by Crippen LogP contribution is 2.35. The Kier molecular flexibility index (Phi) is 10.7. The van der Waals surface area contributed by atoms with Crippen molar-refractivity contribution < 1.29 is 19.0 Å². The van der Waals surface area contributed by atoms with E-state index in [4.69, 9.17) is 25.4 Å². The summed E-state index contributed by atoms with van der Waals surface area (Å²) in [6, 6.07) is 20.5. The van der Waals surface area contributed by atoms with Gasteiger partial charge in [-0.05, 0) is 65.8 Å². The molecule has 1 unspecified atom stereocenters. The molecule has 202 valence electrons. The molecule has 0 fully saturated rings. The van der Waals surface area contributed by atoms with Crippen LogP contribution in [0.2, 0.25) is 0 Å². The number of nitrogens with one attached hydrogen (secondary N) is 2. The molecule has 1 atom stereocenters. The maximum atomic E-state index is 13.1. The van der Waals surface area contributed by atoms with Crippen molar-refractivity contribution in [2.45, 2.75) is 46.3 Å². The lowest BCUT2D eigenvalue weighted by Gasteiger charge is -2.25. The van der Waals surface area contributed by atoms with E-state index < -0.39 is 12.0 Å². The first kappa shape index (κ1) is 28.7. The van der Waals surface area contributed by atoms with Gasteiger partial charge < -0.3 is 25.3 Å². The molecule has 3 aromatic rings. The second-order valence-electron chi connectivity index (χ2n) is 9.60. The quantitative estimate of drug-likeness (QED) is 0.110. The van der Waals surface area contributed by atoms with Crippen LogP contribution in [0.5, 0.6) is 5.75 Å². The Balaban J connectivity index is 1.90. The second kappa shape index (κ2) is 14.2. The van der Waals surface area contributed by atoms with Crippen molar-refractivity contribution in [2.24, 2.45) is 11.7 Å². The van der Waals surface area contributed by atoms with E-state index in [2.05, 4.69) is 32.2 Å². The highest BCUT2D eigenvalue weighted by Gasteiger charge is 2.28. The molecule has 0 saturated carbocycles. The topological polar surface area (TPSA) is 107 Å². The van der Waals surface area contributed by atoms with E-state index in [1.807, 2.05) is 36.4 Å². The number of hydrogen-bond donors (Lipinski definition) is 3. The fourth-order valence-electron chi connectivity index (χ4n) is 4.23. The number of ether oxygens (including phenoxy) is 3. The van der Waals surface area contributed by atoms with Crippen LogP contribution in [0.15, 0.2) is 66.7 Å². The Morgan fingerprint density at radius 2 is 1.71 bits per heavy atom. The molecule has 38 heavy (non-hydrogen) atoms. The summed E-state index contributed by atoms with van der Waals surface area (Å²) < 4.78 is 17.4. The van der Waals surface area contributed by atoms with Gasteiger partial charge in [-0.1, -0.05) is 57.2 Å². The monoisotopic (exact) mass is 517 g/mol. The molecule has 0 aliphatic carbocycles. The fourth-order valence-corrected chi connectivity index (χ4v) is 4.23. The molecule has 0 amide bonds. The maximum absolute atomic E-state index is 13.1. The number of amidine groups is 1. The normalized spacial score (nSPS) is 11.7. The number of nitrogens with two attached hydrogens (primary N) is 1. The molecule has 0 aromatic heterocycles. The minimum absolute atomic E-state index is 0.0137. The Labute approximate surface area is 225 Å². The summed E-state index contributed by atoms with van der Waals surface area (Å²) in [5.41, 5.74) is 10.9. The molecule has 0 heterocycles. The summed E-state index contributed by atoms with van der Waals surface area (Å²) in [6.45, 7) is 7.69. The average molecular weight is 518 g/mol. The Hall–Kier alpha value is -3.84. The van der Waals surface area contributed by atoms with Crippen LogP contribution in [-0.4, -0.2) is 32.1 Å². The predicted molar refractivity (Wildman–Crippen MR) is 152 cm³/mol. The molecule has 7 heteroatoms. The van der Waals surface area contributed by atoms with Gasteiger partial charge in [-0.25, -0.2) is 4.79 Å². The molecule has 0 saturated heterocycles. The first-order valence-corrected chi connectivity index (χ1v) is 13.0. The van der Waals surface area contributed by atoms with E-state index >= 15 is 0 Å². The van der Waals surface area contributed by atoms with E-state index in [1.165, 1.54) is 7.11 Å². The molecule has 3 rings (SSSR count). The van der Waals surface area contributed by atoms with Crippen LogP contribution in [-0.2, 0) is 33.7 Å². The van der Waals surface area contributed by atoms with Crippen LogP contribution in [0.25, 0.3) is 0 Å². The molecule has 0 bridgehead atoms. The summed E-state index contributed by atoms with van der Waals surface area (Å²) in [4.78, 5) is 13.1. The van der Waals surface area contributed by atoms with Gasteiger partial charge in [0.2, 0.25) is 0 Å². The van der Waals surface area contributed by atoms with Crippen LogP contribution in [0.1, 0.15) is 54.6 Å². The van der Waals surface area contributed by atoms with E-state index in [1.54, 1.807) is 24.3 Å². The molecule has 0 aliphatic heterocycles. The van der Waals surface area contributed by atoms with Crippen LogP contribution in [0, 0.1) is 11.3 Å². The zero-order valence-electron chi connectivity index (χ0n) is 22.8. The Morgan fingerprint density at radius 1 is 1.00 bits per heavy atom. The number of hydrogen-bond acceptors (Lipinski definition) is 6. The summed E-state index contributed by atoms with van der Waals surface area (Å²) >= 11 is 0. The van der Waals surface area contributed by atoms with Gasteiger partial charge >= 0.3 is 5.97 Å². The smallest absolute Gasteiger partial charge is 0.333 e. The third-order valence-corrected chi connectivity index (χ3v) is 6.13. The number of nitrogen functional groups attached to an aromatic ring is 1. The number of methoxy groups -OCH3 is 1. The number of rotatable bonds is 14. The minimum Gasteiger partial charge on any atom is -0.491 e. The minimum atomic E-state index is -0.791. The molecular formula is C31H39N3O4. The first-order chi connectivity index (χ1) is 18.3. The molecule has 3 aromatic carbocycles. The van der Waals surface area contributed by atoms with Gasteiger partial charge in [0.15, 0.2) is 6.04 Å². The van der Waals surface area contributed by atoms with Gasteiger partial charge in [0, 0.05) is 16.8 Å². The van der Waals surface area contributed by atoms with Crippen molar-refractivity contribution in [3.63, 3.8) is 0 Å². The van der Waals surface area contributed by atoms with Crippen molar-refractivity contribution in [3.05, 3.63) is 94.5 Å². The largest absolute Gasteiger partial charge is 0.491 e. The van der Waals surface area contributed by atoms with Crippen LogP contribution in [0.3, 0.4) is 0 Å². The molecule has 0 radical (unpaired) electrons. The lowest BCUT2D eigenvalue weighted by molar-refractivity contribution is -0.141. The summed E-state index contributed by atoms with van der Waals surface area (Å²) in [5.74, 6) is 0.646. The molecule has 4 N–H and O–H groups in total. The lowest BCUT2D eigenvalue weighted by Crippen LogP contribution is -2.24. The van der Waals surface area contributed by atoms with Gasteiger partial charge in [0.25, 0.3) is 0 Å². The van der Waals surface area contributed by atoms with Crippen molar-refractivity contribution >= 4 is 17.5 Å². The Bertz CT molecular complexity index is 1190. The zero-order valence-corrected chi connectivity index (χ0v) is 22.8. The number of aryl methyl sites for hydroxylation is 1. The van der Waals surface area contributed by atoms with Crippen LogP contribution in [0.4, 0.5) is 5.69 Å². The van der Waals surface area contributed by atoms with Crippen molar-refractivity contribution in [1.29, 1.82) is 5.41 Å². The third kappa shape index (κ3) is 8.08. The second-order valence-corrected chi connectivity index (χ2v) is 9.60. The van der Waals surface area contributed by atoms with Gasteiger partial charge in [-0.2, -0.15) is 0 Å². The number of benzene rings is 3. The molecule has 0 aliphatic rings. The third-order valence-electron chi connectivity index (χ3n) is 6.13. The van der Waals surface area contributed by atoms with E-state index in [9.17, 15) is 4.79 Å². The summed E-state index contributed by atoms with van der Waals surface area (Å²) in [5, 5.41) is 10.9. The SMILES string of the molecule is CCc1cc(CC(C)C)c(OCCOCc2ccccc2)c(C(Nc2ccc(C(=N)N)cc2)C(=O)OC)c1. The standard InChI is InChI=1S/C31H39N3O4/c1-5-22-18-25(17-21(2)3)29(38-16-15-37-20-23-9-7-6-8-10-23)27(19-22)28(31(35)36-4)34-26-13-11-24(12-14-26)30(32)33/h6-14,18-19,21,28,34H,5,15-17,20H2,1-4H3,(H3,32,33). The number of esters is 1. The van der Waals surface area contributed by atoms with Crippen LogP contribution < -0.4 is 15.8 Å². The molecule has 0 spiro atoms. The lowest BCUT2D eigenvalue weighted by atomic mass is 9.92. The Morgan fingerprint density at radius 3 is 2.32 bits per heavy atom. The van der Waals surface area contributed by atoms with Gasteiger partial charge in [0.05, 0.1) is 20.3 Å². The zero-order chi connectivity index (χ0) is 27.5. The fraction of sp³-hybridized carbons (Fsp3) is 0.355. The van der Waals surface area contributed by atoms with Crippen molar-refractivity contribution in [2.75, 3.05) is 25.6 Å². The summed E-state index contributed by atoms with van der Waals surface area (Å²) in [7, 11) is 1.38. The van der Waals surface area contributed by atoms with Gasteiger partial charge in [-0.3, -0.25) is 5.41 Å². The molecule has 7 nitrogen and oxygen atoms in total. The maximum Gasteiger partial charge on any atom is 0.333 e. The number of carbonyl (C=O) groups excluding carboxylic acids is 1. The molecular weight excluding hydrogens is 478 g/mol. The van der Waals surface area contributed by atoms with E-state index in [0.29, 0.717) is 42.7 Å². The highest BCUT2D eigenvalue weighted by atomic mass is 16.5. The van der Waals surface area contributed by atoms with Crippen molar-refractivity contribution in [3.8, 4) is 5.75 Å².